The number of nitrogens with zero attached hydrogens (tertiary/aromatic N) is 3. The minimum Gasteiger partial charge on any atom is -0.478 e. The number of hydrogen-bond donors (Lipinski definition) is 2. The molecule has 1 unspecified atom stereocenters. The topological polar surface area (TPSA) is 96.7 Å². The number of benzene rings is 3. The van der Waals surface area contributed by atoms with Crippen LogP contribution in [-0.2, 0) is 30.2 Å². The molecule has 46 heavy (non-hydrogen) atoms. The van der Waals surface area contributed by atoms with Crippen molar-refractivity contribution in [2.24, 2.45) is 0 Å². The summed E-state index contributed by atoms with van der Waals surface area (Å²) in [6.45, 7) is 1.35. The van der Waals surface area contributed by atoms with Crippen LogP contribution >= 0.6 is 0 Å². The number of carbonyl (C=O) groups excluding carboxylic acids is 1. The third-order valence-electron chi connectivity index (χ3n) is 7.51. The van der Waals surface area contributed by atoms with Gasteiger partial charge in [-0.05, 0) is 47.9 Å². The first-order chi connectivity index (χ1) is 21.7. The zero-order valence-electron chi connectivity index (χ0n) is 24.3. The van der Waals surface area contributed by atoms with E-state index in [2.05, 4.69) is 10.4 Å². The summed E-state index contributed by atoms with van der Waals surface area (Å²) >= 11 is 0. The molecular weight excluding hydrogens is 618 g/mol. The summed E-state index contributed by atoms with van der Waals surface area (Å²) in [5, 5.41) is 15.5. The predicted octanol–water partition coefficient (Wildman–Crippen LogP) is 6.89. The lowest BCUT2D eigenvalue weighted by atomic mass is 10.1. The number of rotatable bonds is 10. The minimum absolute atomic E-state index is 0.0119. The molecule has 1 amide bonds. The Morgan fingerprint density at radius 3 is 2.26 bits per heavy atom. The summed E-state index contributed by atoms with van der Waals surface area (Å²) in [7, 11) is 0. The Morgan fingerprint density at radius 2 is 1.63 bits per heavy atom. The average Bonchev–Trinajstić information content (AvgIpc) is 3.56. The quantitative estimate of drug-likeness (QED) is 0.182. The molecule has 0 fully saturated rings. The molecule has 3 aromatic carbocycles. The molecule has 0 bridgehead atoms. The number of fused-ring (bicyclic) bond motifs is 1. The van der Waals surface area contributed by atoms with Gasteiger partial charge in [0.15, 0.2) is 5.69 Å². The third-order valence-corrected chi connectivity index (χ3v) is 7.51. The Balaban J connectivity index is 1.49. The Morgan fingerprint density at radius 1 is 0.957 bits per heavy atom. The normalized spacial score (nSPS) is 15.5. The van der Waals surface area contributed by atoms with Crippen molar-refractivity contribution in [3.05, 3.63) is 118 Å². The second-order valence-electron chi connectivity index (χ2n) is 10.8. The number of carbonyl (C=O) groups is 2. The molecule has 242 valence electrons. The molecule has 4 aromatic rings. The fourth-order valence-electron chi connectivity index (χ4n) is 5.29. The number of carboxylic acid groups (broad SMARTS) is 1. The summed E-state index contributed by atoms with van der Waals surface area (Å²) in [6, 6.07) is 17.3. The number of alkyl halides is 6. The van der Waals surface area contributed by atoms with E-state index in [1.54, 1.807) is 12.1 Å². The molecule has 14 heteroatoms. The van der Waals surface area contributed by atoms with Gasteiger partial charge in [-0.25, -0.2) is 9.48 Å². The van der Waals surface area contributed by atoms with E-state index in [1.807, 2.05) is 18.2 Å². The smallest absolute Gasteiger partial charge is 0.436 e. The van der Waals surface area contributed by atoms with Gasteiger partial charge >= 0.3 is 18.3 Å². The molecule has 8 nitrogen and oxygen atoms in total. The zero-order chi connectivity index (χ0) is 33.2. The van der Waals surface area contributed by atoms with Crippen LogP contribution < -0.4 is 10.2 Å². The van der Waals surface area contributed by atoms with Crippen molar-refractivity contribution >= 4 is 17.7 Å². The molecule has 0 saturated heterocycles. The van der Waals surface area contributed by atoms with E-state index >= 15 is 0 Å². The average molecular weight is 647 g/mol. The van der Waals surface area contributed by atoms with Crippen molar-refractivity contribution in [2.75, 3.05) is 18.1 Å². The van der Waals surface area contributed by atoms with E-state index in [-0.39, 0.29) is 43.2 Å². The number of aromatic nitrogens is 2. The van der Waals surface area contributed by atoms with Crippen LogP contribution in [-0.4, -0.2) is 39.9 Å². The number of aromatic carboxylic acids is 1. The van der Waals surface area contributed by atoms with Gasteiger partial charge in [-0.15, -0.1) is 0 Å². The summed E-state index contributed by atoms with van der Waals surface area (Å²) in [6.07, 6.45) is -9.68. The maximum Gasteiger partial charge on any atom is 0.436 e. The molecule has 0 aliphatic carbocycles. The van der Waals surface area contributed by atoms with Gasteiger partial charge in [-0.3, -0.25) is 4.79 Å². The highest BCUT2D eigenvalue weighted by Gasteiger charge is 2.46. The summed E-state index contributed by atoms with van der Waals surface area (Å²) in [5.74, 6) is -2.48. The van der Waals surface area contributed by atoms with Gasteiger partial charge in [0.25, 0.3) is 5.91 Å². The number of carboxylic acids is 1. The van der Waals surface area contributed by atoms with E-state index < -0.39 is 53.1 Å². The third kappa shape index (κ3) is 7.17. The summed E-state index contributed by atoms with van der Waals surface area (Å²) < 4.78 is 90.4. The Bertz CT molecular complexity index is 1700. The largest absolute Gasteiger partial charge is 0.478 e. The second-order valence-corrected chi connectivity index (χ2v) is 10.8. The maximum atomic E-state index is 14.4. The van der Waals surface area contributed by atoms with Gasteiger partial charge in [0.2, 0.25) is 0 Å². The summed E-state index contributed by atoms with van der Waals surface area (Å²) in [5.41, 5.74) is -1.74. The fraction of sp³-hybridized carbons (Fsp3) is 0.281. The highest BCUT2D eigenvalue weighted by atomic mass is 19.4. The van der Waals surface area contributed by atoms with Gasteiger partial charge in [0, 0.05) is 13.1 Å². The van der Waals surface area contributed by atoms with Crippen LogP contribution in [0, 0.1) is 0 Å². The molecule has 1 aliphatic rings. The number of ether oxygens (including phenoxy) is 1. The lowest BCUT2D eigenvalue weighted by Crippen LogP contribution is -2.31. The first kappa shape index (κ1) is 32.5. The first-order valence-electron chi connectivity index (χ1n) is 14.1. The van der Waals surface area contributed by atoms with Crippen LogP contribution in [0.15, 0.2) is 78.9 Å². The molecule has 0 saturated carbocycles. The molecule has 0 radical (unpaired) electrons. The second kappa shape index (κ2) is 12.9. The molecule has 1 aliphatic heterocycles. The van der Waals surface area contributed by atoms with Crippen LogP contribution in [0.5, 0.6) is 0 Å². The maximum absolute atomic E-state index is 14.4. The van der Waals surface area contributed by atoms with Gasteiger partial charge < -0.3 is 20.1 Å². The Kier molecular flexibility index (Phi) is 9.10. The van der Waals surface area contributed by atoms with Crippen molar-refractivity contribution in [1.82, 2.24) is 15.1 Å². The number of halogens is 6. The molecule has 2 heterocycles. The number of hydrogen-bond acceptors (Lipinski definition) is 5. The van der Waals surface area contributed by atoms with E-state index in [0.29, 0.717) is 5.56 Å². The summed E-state index contributed by atoms with van der Waals surface area (Å²) in [4.78, 5) is 26.2. The number of nitrogens with one attached hydrogen (secondary N) is 1. The SMILES string of the molecule is C[C@H](NC(=O)c1c(C(F)(F)F)nn2c1N(Cc1cccc(C(F)(F)F)c1)CC2COCc1ccccc1)c1ccc(C(=O)O)cc1. The zero-order valence-corrected chi connectivity index (χ0v) is 24.3. The standard InChI is InChI=1S/C32H28F6N4O4/c1-19(22-10-12-23(13-11-22)30(44)45)39-28(43)26-27(32(36,37)38)40-42-25(18-46-17-20-6-3-2-4-7-20)16-41(29(26)42)15-21-8-5-9-24(14-21)31(33,34)35/h2-14,19,25H,15-18H2,1H3,(H,39,43)(H,44,45)/t19-,25?/m0/s1. The lowest BCUT2D eigenvalue weighted by Gasteiger charge is -2.22. The van der Waals surface area contributed by atoms with Crippen molar-refractivity contribution in [3.8, 4) is 0 Å². The van der Waals surface area contributed by atoms with Crippen LogP contribution in [0.25, 0.3) is 0 Å². The van der Waals surface area contributed by atoms with Gasteiger partial charge in [-0.1, -0.05) is 54.6 Å². The minimum atomic E-state index is -5.05. The fourth-order valence-corrected chi connectivity index (χ4v) is 5.29. The van der Waals surface area contributed by atoms with E-state index in [0.717, 1.165) is 22.4 Å². The first-order valence-corrected chi connectivity index (χ1v) is 14.1. The van der Waals surface area contributed by atoms with Crippen molar-refractivity contribution in [3.63, 3.8) is 0 Å². The molecule has 2 N–H and O–H groups in total. The number of anilines is 1. The van der Waals surface area contributed by atoms with E-state index in [1.165, 1.54) is 48.2 Å². The van der Waals surface area contributed by atoms with Gasteiger partial charge in [0.05, 0.1) is 36.4 Å². The van der Waals surface area contributed by atoms with Crippen LogP contribution in [0.2, 0.25) is 0 Å². The molecule has 0 spiro atoms. The van der Waals surface area contributed by atoms with E-state index in [9.17, 15) is 35.9 Å². The molecule has 2 atom stereocenters. The predicted molar refractivity (Wildman–Crippen MR) is 154 cm³/mol. The van der Waals surface area contributed by atoms with Crippen molar-refractivity contribution in [1.29, 1.82) is 0 Å². The highest BCUT2D eigenvalue weighted by molar-refractivity contribution is 6.01. The number of amides is 1. The lowest BCUT2D eigenvalue weighted by molar-refractivity contribution is -0.142. The highest BCUT2D eigenvalue weighted by Crippen LogP contribution is 2.42. The molecular formula is C32H28F6N4O4. The van der Waals surface area contributed by atoms with Crippen LogP contribution in [0.3, 0.4) is 0 Å². The van der Waals surface area contributed by atoms with Gasteiger partial charge in [-0.2, -0.15) is 31.4 Å². The Labute approximate surface area is 259 Å². The van der Waals surface area contributed by atoms with E-state index in [4.69, 9.17) is 9.84 Å². The van der Waals surface area contributed by atoms with Crippen molar-refractivity contribution in [2.45, 2.75) is 44.5 Å². The van der Waals surface area contributed by atoms with Gasteiger partial charge in [0.1, 0.15) is 11.4 Å². The monoisotopic (exact) mass is 646 g/mol. The van der Waals surface area contributed by atoms with Crippen molar-refractivity contribution < 1.29 is 45.8 Å². The molecule has 1 aromatic heterocycles. The molecule has 5 rings (SSSR count). The van der Waals surface area contributed by atoms with Crippen LogP contribution in [0.1, 0.15) is 67.7 Å². The Hall–Kier alpha value is -4.85. The van der Waals surface area contributed by atoms with Crippen LogP contribution in [0.4, 0.5) is 32.2 Å².